The minimum Gasteiger partial charge on any atom is -0.496 e. The minimum atomic E-state index is -0.660. The molecule has 4 heterocycles. The number of nitrogens with zero attached hydrogens (tertiary/aromatic N) is 2. The summed E-state index contributed by atoms with van der Waals surface area (Å²) in [5.41, 5.74) is 5.54. The number of aromatic amines is 1. The first-order chi connectivity index (χ1) is 17.8. The molecule has 6 rings (SSSR count). The smallest absolute Gasteiger partial charge is 0.277 e. The number of carbonyl (C=O) groups is 1. The maximum atomic E-state index is 14.0. The molecule has 0 aliphatic carbocycles. The average Bonchev–Trinajstić information content (AvgIpc) is 3.65. The molecule has 1 amide bonds. The molecule has 4 aromatic rings. The summed E-state index contributed by atoms with van der Waals surface area (Å²) in [5, 5.41) is 11.9. The van der Waals surface area contributed by atoms with E-state index in [4.69, 9.17) is 14.2 Å². The molecule has 1 fully saturated rings. The number of H-pyrrole nitrogens is 1. The van der Waals surface area contributed by atoms with E-state index in [0.29, 0.717) is 24.7 Å². The van der Waals surface area contributed by atoms with Gasteiger partial charge in [0.25, 0.3) is 5.91 Å². The molecule has 2 aromatic heterocycles. The van der Waals surface area contributed by atoms with Crippen molar-refractivity contribution >= 4 is 22.9 Å². The first-order valence-corrected chi connectivity index (χ1v) is 13.2. The normalized spacial score (nSPS) is 20.2. The number of hydrogen-bond acceptors (Lipinski definition) is 6. The SMILES string of the molecule is COc1ccccc1C1c2c(C3(C)COC(C)(C)OC3)n[nH]c2C(=O)N1c1ccc(-c2ccsc2)cc1. The highest BCUT2D eigenvalue weighted by atomic mass is 32.1. The lowest BCUT2D eigenvalue weighted by Crippen LogP contribution is -2.48. The van der Waals surface area contributed by atoms with Gasteiger partial charge in [-0.15, -0.1) is 0 Å². The van der Waals surface area contributed by atoms with E-state index in [9.17, 15) is 4.79 Å². The number of para-hydroxylation sites is 1. The lowest BCUT2D eigenvalue weighted by Gasteiger charge is -2.41. The minimum absolute atomic E-state index is 0.130. The Morgan fingerprint density at radius 3 is 2.43 bits per heavy atom. The van der Waals surface area contributed by atoms with Crippen LogP contribution in [0.4, 0.5) is 5.69 Å². The molecule has 0 radical (unpaired) electrons. The molecule has 0 spiro atoms. The van der Waals surface area contributed by atoms with Gasteiger partial charge in [0, 0.05) is 16.8 Å². The standard InChI is InChI=1S/C29H29N3O4S/c1-28(2)35-16-29(3,17-36-28)26-23-24(30-31-26)27(33)32(25(23)21-7-5-6-8-22(21)34-4)20-11-9-18(10-12-20)19-13-14-37-15-19/h5-15,25H,16-17H2,1-4H3,(H,30,31). The second kappa shape index (κ2) is 8.83. The molecule has 7 nitrogen and oxygen atoms in total. The first kappa shape index (κ1) is 23.9. The predicted molar refractivity (Wildman–Crippen MR) is 143 cm³/mol. The van der Waals surface area contributed by atoms with Gasteiger partial charge in [0.05, 0.1) is 37.5 Å². The highest BCUT2D eigenvalue weighted by molar-refractivity contribution is 7.08. The molecule has 1 atom stereocenters. The van der Waals surface area contributed by atoms with Gasteiger partial charge in [0.2, 0.25) is 0 Å². The molecular weight excluding hydrogens is 486 g/mol. The molecule has 1 N–H and O–H groups in total. The predicted octanol–water partition coefficient (Wildman–Crippen LogP) is 5.94. The summed E-state index contributed by atoms with van der Waals surface area (Å²) in [4.78, 5) is 15.8. The van der Waals surface area contributed by atoms with Crippen LogP contribution in [0.2, 0.25) is 0 Å². The highest BCUT2D eigenvalue weighted by Crippen LogP contribution is 2.48. The lowest BCUT2D eigenvalue weighted by molar-refractivity contribution is -0.267. The van der Waals surface area contributed by atoms with Crippen LogP contribution in [-0.4, -0.2) is 42.2 Å². The molecule has 0 saturated carbocycles. The van der Waals surface area contributed by atoms with Crippen LogP contribution in [0.1, 0.15) is 54.1 Å². The van der Waals surface area contributed by atoms with E-state index >= 15 is 0 Å². The first-order valence-electron chi connectivity index (χ1n) is 12.3. The number of amides is 1. The van der Waals surface area contributed by atoms with Crippen LogP contribution >= 0.6 is 11.3 Å². The van der Waals surface area contributed by atoms with Crippen LogP contribution in [0, 0.1) is 0 Å². The van der Waals surface area contributed by atoms with Gasteiger partial charge in [-0.25, -0.2) is 0 Å². The number of rotatable bonds is 5. The Bertz CT molecular complexity index is 1430. The average molecular weight is 516 g/mol. The molecule has 37 heavy (non-hydrogen) atoms. The fraction of sp³-hybridized carbons (Fsp3) is 0.310. The molecule has 2 aromatic carbocycles. The second-order valence-electron chi connectivity index (χ2n) is 10.3. The van der Waals surface area contributed by atoms with Gasteiger partial charge in [0.15, 0.2) is 5.79 Å². The van der Waals surface area contributed by atoms with Crippen molar-refractivity contribution in [2.24, 2.45) is 0 Å². The fourth-order valence-electron chi connectivity index (χ4n) is 5.19. The molecule has 1 unspecified atom stereocenters. The maximum absolute atomic E-state index is 14.0. The molecule has 1 saturated heterocycles. The highest BCUT2D eigenvalue weighted by Gasteiger charge is 2.49. The number of ether oxygens (including phenoxy) is 3. The van der Waals surface area contributed by atoms with E-state index < -0.39 is 17.2 Å². The zero-order valence-corrected chi connectivity index (χ0v) is 22.1. The number of anilines is 1. The number of fused-ring (bicyclic) bond motifs is 1. The van der Waals surface area contributed by atoms with Gasteiger partial charge in [-0.1, -0.05) is 30.3 Å². The summed E-state index contributed by atoms with van der Waals surface area (Å²) < 4.78 is 17.8. The van der Waals surface area contributed by atoms with Gasteiger partial charge >= 0.3 is 0 Å². The Morgan fingerprint density at radius 1 is 1.03 bits per heavy atom. The zero-order chi connectivity index (χ0) is 25.8. The third kappa shape index (κ3) is 3.96. The Kier molecular flexibility index (Phi) is 5.71. The van der Waals surface area contributed by atoms with Crippen LogP contribution in [0.3, 0.4) is 0 Å². The summed E-state index contributed by atoms with van der Waals surface area (Å²) in [5.74, 6) is -0.0789. The topological polar surface area (TPSA) is 76.7 Å². The van der Waals surface area contributed by atoms with Gasteiger partial charge in [-0.2, -0.15) is 16.4 Å². The number of benzene rings is 2. The Labute approximate surface area is 220 Å². The summed E-state index contributed by atoms with van der Waals surface area (Å²) >= 11 is 1.66. The van der Waals surface area contributed by atoms with Crippen molar-refractivity contribution in [2.75, 3.05) is 25.2 Å². The van der Waals surface area contributed by atoms with Gasteiger partial charge in [0.1, 0.15) is 11.4 Å². The molecule has 2 aliphatic heterocycles. The maximum Gasteiger partial charge on any atom is 0.277 e. The van der Waals surface area contributed by atoms with Crippen LogP contribution in [0.5, 0.6) is 5.75 Å². The summed E-state index contributed by atoms with van der Waals surface area (Å²) in [6, 6.07) is 17.6. The van der Waals surface area contributed by atoms with E-state index in [-0.39, 0.29) is 5.91 Å². The van der Waals surface area contributed by atoms with Crippen LogP contribution in [0.25, 0.3) is 11.1 Å². The summed E-state index contributed by atoms with van der Waals surface area (Å²) in [6.07, 6.45) is 0. The number of carbonyl (C=O) groups excluding carboxylic acids is 1. The van der Waals surface area contributed by atoms with Crippen molar-refractivity contribution < 1.29 is 19.0 Å². The third-order valence-electron chi connectivity index (χ3n) is 7.25. The number of hydrogen-bond donors (Lipinski definition) is 1. The van der Waals surface area contributed by atoms with E-state index in [1.54, 1.807) is 18.4 Å². The Hall–Kier alpha value is -3.46. The van der Waals surface area contributed by atoms with E-state index in [1.807, 2.05) is 55.1 Å². The monoisotopic (exact) mass is 515 g/mol. The van der Waals surface area contributed by atoms with Crippen molar-refractivity contribution in [1.82, 2.24) is 10.2 Å². The van der Waals surface area contributed by atoms with E-state index in [1.165, 1.54) is 0 Å². The van der Waals surface area contributed by atoms with E-state index in [0.717, 1.165) is 33.6 Å². The van der Waals surface area contributed by atoms with Gasteiger partial charge in [-0.3, -0.25) is 14.8 Å². The van der Waals surface area contributed by atoms with Crippen molar-refractivity contribution in [3.63, 3.8) is 0 Å². The van der Waals surface area contributed by atoms with Crippen molar-refractivity contribution in [3.05, 3.63) is 87.9 Å². The van der Waals surface area contributed by atoms with Crippen LogP contribution in [0.15, 0.2) is 65.4 Å². The largest absolute Gasteiger partial charge is 0.496 e. The Morgan fingerprint density at radius 2 is 1.76 bits per heavy atom. The summed E-state index contributed by atoms with van der Waals surface area (Å²) in [7, 11) is 1.65. The summed E-state index contributed by atoms with van der Waals surface area (Å²) in [6.45, 7) is 6.74. The lowest BCUT2D eigenvalue weighted by atomic mass is 9.82. The molecule has 2 aliphatic rings. The number of aromatic nitrogens is 2. The second-order valence-corrected chi connectivity index (χ2v) is 11.1. The van der Waals surface area contributed by atoms with Gasteiger partial charge in [-0.05, 0) is 66.9 Å². The molecule has 8 heteroatoms. The van der Waals surface area contributed by atoms with E-state index in [2.05, 4.69) is 46.1 Å². The van der Waals surface area contributed by atoms with Crippen LogP contribution in [-0.2, 0) is 14.9 Å². The molecular formula is C29H29N3O4S. The number of nitrogens with one attached hydrogen (secondary N) is 1. The third-order valence-corrected chi connectivity index (χ3v) is 7.93. The quantitative estimate of drug-likeness (QED) is 0.356. The molecule has 190 valence electrons. The zero-order valence-electron chi connectivity index (χ0n) is 21.3. The number of methoxy groups -OCH3 is 1. The fourth-order valence-corrected chi connectivity index (χ4v) is 5.85. The number of thiophene rings is 1. The van der Waals surface area contributed by atoms with Crippen molar-refractivity contribution in [1.29, 1.82) is 0 Å². The van der Waals surface area contributed by atoms with Crippen molar-refractivity contribution in [3.8, 4) is 16.9 Å². The Balaban J connectivity index is 1.48. The van der Waals surface area contributed by atoms with Crippen molar-refractivity contribution in [2.45, 2.75) is 38.0 Å². The molecule has 0 bridgehead atoms. The van der Waals surface area contributed by atoms with Crippen LogP contribution < -0.4 is 9.64 Å². The van der Waals surface area contributed by atoms with Gasteiger partial charge < -0.3 is 14.2 Å².